The molecule has 0 bridgehead atoms. The van der Waals surface area contributed by atoms with Crippen molar-refractivity contribution in [1.82, 2.24) is 0 Å². The van der Waals surface area contributed by atoms with Gasteiger partial charge in [0.2, 0.25) is 0 Å². The molecular formula is C15H13ClO2S. The second kappa shape index (κ2) is 6.04. The molecule has 0 aliphatic carbocycles. The Hall–Kier alpha value is -1.58. The van der Waals surface area contributed by atoms with Crippen molar-refractivity contribution in [2.45, 2.75) is 6.92 Å². The number of hydrogen-bond acceptors (Lipinski definition) is 3. The Morgan fingerprint density at radius 1 is 1.26 bits per heavy atom. The van der Waals surface area contributed by atoms with Crippen LogP contribution in [0.2, 0.25) is 5.02 Å². The predicted molar refractivity (Wildman–Crippen MR) is 81.3 cm³/mol. The third-order valence-corrected chi connectivity index (χ3v) is 3.83. The van der Waals surface area contributed by atoms with Crippen LogP contribution >= 0.6 is 22.9 Å². The molecule has 0 amide bonds. The first-order valence-corrected chi connectivity index (χ1v) is 6.97. The van der Waals surface area contributed by atoms with Gasteiger partial charge in [-0.15, -0.1) is 11.3 Å². The van der Waals surface area contributed by atoms with Crippen molar-refractivity contribution in [2.24, 2.45) is 0 Å². The summed E-state index contributed by atoms with van der Waals surface area (Å²) in [7, 11) is 1.58. The zero-order chi connectivity index (χ0) is 13.8. The van der Waals surface area contributed by atoms with E-state index in [1.165, 1.54) is 18.3 Å². The van der Waals surface area contributed by atoms with Crippen molar-refractivity contribution < 1.29 is 9.53 Å². The van der Waals surface area contributed by atoms with Gasteiger partial charge < -0.3 is 4.74 Å². The van der Waals surface area contributed by atoms with Gasteiger partial charge in [-0.1, -0.05) is 29.8 Å². The smallest absolute Gasteiger partial charge is 0.164 e. The fourth-order valence-corrected chi connectivity index (χ4v) is 2.77. The fourth-order valence-electron chi connectivity index (χ4n) is 1.68. The number of ketones is 1. The van der Waals surface area contributed by atoms with Gasteiger partial charge in [-0.2, -0.15) is 0 Å². The maximum atomic E-state index is 11.4. The van der Waals surface area contributed by atoms with E-state index < -0.39 is 0 Å². The molecule has 0 unspecified atom stereocenters. The van der Waals surface area contributed by atoms with E-state index in [0.717, 1.165) is 10.4 Å². The fraction of sp³-hybridized carbons (Fsp3) is 0.133. The van der Waals surface area contributed by atoms with Crippen LogP contribution in [0, 0.1) is 0 Å². The molecule has 0 spiro atoms. The number of rotatable bonds is 4. The minimum atomic E-state index is 0.0132. The molecule has 0 aliphatic heterocycles. The van der Waals surface area contributed by atoms with Gasteiger partial charge in [0.25, 0.3) is 0 Å². The molecule has 1 heterocycles. The molecular weight excluding hydrogens is 280 g/mol. The van der Waals surface area contributed by atoms with Gasteiger partial charge in [-0.3, -0.25) is 4.79 Å². The van der Waals surface area contributed by atoms with E-state index >= 15 is 0 Å². The number of halogens is 1. The van der Waals surface area contributed by atoms with E-state index in [2.05, 4.69) is 0 Å². The first kappa shape index (κ1) is 13.8. The van der Waals surface area contributed by atoms with Gasteiger partial charge in [0, 0.05) is 10.4 Å². The van der Waals surface area contributed by atoms with E-state index in [4.69, 9.17) is 16.3 Å². The molecule has 0 aliphatic rings. The lowest BCUT2D eigenvalue weighted by Crippen LogP contribution is -1.93. The molecule has 0 fully saturated rings. The van der Waals surface area contributed by atoms with Gasteiger partial charge in [-0.05, 0) is 30.7 Å². The van der Waals surface area contributed by atoms with Gasteiger partial charge in [-0.25, -0.2) is 0 Å². The second-order valence-electron chi connectivity index (χ2n) is 3.99. The van der Waals surface area contributed by atoms with Crippen molar-refractivity contribution in [3.63, 3.8) is 0 Å². The molecule has 0 saturated heterocycles. The van der Waals surface area contributed by atoms with Crippen LogP contribution in [0.15, 0.2) is 29.6 Å². The molecule has 2 rings (SSSR count). The Labute approximate surface area is 121 Å². The topological polar surface area (TPSA) is 26.3 Å². The molecule has 1 aromatic carbocycles. The quantitative estimate of drug-likeness (QED) is 0.758. The van der Waals surface area contributed by atoms with Crippen molar-refractivity contribution in [3.8, 4) is 5.75 Å². The van der Waals surface area contributed by atoms with Gasteiger partial charge >= 0.3 is 0 Å². The summed E-state index contributed by atoms with van der Waals surface area (Å²) in [6.07, 6.45) is 3.91. The number of methoxy groups -OCH3 is 1. The average Bonchev–Trinajstić information content (AvgIpc) is 2.81. The Morgan fingerprint density at radius 2 is 1.95 bits per heavy atom. The van der Waals surface area contributed by atoms with Gasteiger partial charge in [0.15, 0.2) is 5.78 Å². The van der Waals surface area contributed by atoms with Crippen LogP contribution in [0.25, 0.3) is 12.2 Å². The first-order valence-electron chi connectivity index (χ1n) is 5.72. The summed E-state index contributed by atoms with van der Waals surface area (Å²) in [5.74, 6) is 0.655. The number of carbonyl (C=O) groups is 1. The summed E-state index contributed by atoms with van der Waals surface area (Å²) < 4.78 is 5.30. The third kappa shape index (κ3) is 3.25. The summed E-state index contributed by atoms with van der Waals surface area (Å²) in [4.78, 5) is 12.4. The summed E-state index contributed by atoms with van der Waals surface area (Å²) >= 11 is 7.33. The second-order valence-corrected chi connectivity index (χ2v) is 5.34. The van der Waals surface area contributed by atoms with Gasteiger partial charge in [0.05, 0.1) is 17.6 Å². The summed E-state index contributed by atoms with van der Waals surface area (Å²) in [5.41, 5.74) is 1.67. The van der Waals surface area contributed by atoms with Crippen LogP contribution in [0.5, 0.6) is 5.75 Å². The van der Waals surface area contributed by atoms with E-state index in [-0.39, 0.29) is 5.78 Å². The number of carbonyl (C=O) groups excluding carboxylic acids is 1. The highest BCUT2D eigenvalue weighted by molar-refractivity contribution is 7.11. The zero-order valence-corrected chi connectivity index (χ0v) is 12.2. The zero-order valence-electron chi connectivity index (χ0n) is 10.6. The van der Waals surface area contributed by atoms with Crippen LogP contribution in [0.1, 0.15) is 27.7 Å². The maximum Gasteiger partial charge on any atom is 0.164 e. The van der Waals surface area contributed by atoms with Crippen LogP contribution in [0.4, 0.5) is 0 Å². The normalized spacial score (nSPS) is 10.9. The Kier molecular flexibility index (Phi) is 4.40. The van der Waals surface area contributed by atoms with E-state index in [1.807, 2.05) is 41.8 Å². The molecule has 2 aromatic rings. The molecule has 0 N–H and O–H groups in total. The third-order valence-electron chi connectivity index (χ3n) is 2.65. The Balaban J connectivity index is 2.28. The largest absolute Gasteiger partial charge is 0.494 e. The molecule has 2 nitrogen and oxygen atoms in total. The molecule has 19 heavy (non-hydrogen) atoms. The number of hydrogen-bond donors (Lipinski definition) is 0. The summed E-state index contributed by atoms with van der Waals surface area (Å²) in [6.45, 7) is 1.54. The lowest BCUT2D eigenvalue weighted by atomic mass is 10.1. The Morgan fingerprint density at radius 3 is 2.53 bits per heavy atom. The minimum Gasteiger partial charge on any atom is -0.494 e. The van der Waals surface area contributed by atoms with Crippen LogP contribution in [-0.2, 0) is 0 Å². The molecule has 1 aromatic heterocycles. The number of Topliss-reactive ketones (excluding diaryl/α,β-unsaturated/α-hetero) is 1. The van der Waals surface area contributed by atoms with E-state index in [1.54, 1.807) is 7.11 Å². The lowest BCUT2D eigenvalue weighted by Gasteiger charge is -2.01. The predicted octanol–water partition coefficient (Wildman–Crippen LogP) is 4.78. The monoisotopic (exact) mass is 292 g/mol. The van der Waals surface area contributed by atoms with Crippen molar-refractivity contribution >= 4 is 40.9 Å². The first-order chi connectivity index (χ1) is 9.11. The molecule has 0 atom stereocenters. The molecule has 0 saturated carbocycles. The van der Waals surface area contributed by atoms with Gasteiger partial charge in [0.1, 0.15) is 5.75 Å². The van der Waals surface area contributed by atoms with Crippen molar-refractivity contribution in [1.29, 1.82) is 0 Å². The van der Waals surface area contributed by atoms with Crippen LogP contribution in [0.3, 0.4) is 0 Å². The molecule has 98 valence electrons. The number of ether oxygens (including phenoxy) is 1. The average molecular weight is 293 g/mol. The molecule has 4 heteroatoms. The van der Waals surface area contributed by atoms with E-state index in [0.29, 0.717) is 16.3 Å². The molecule has 0 radical (unpaired) electrons. The number of benzene rings is 1. The SMILES string of the molecule is COc1c(C(C)=O)csc1/C=C/c1ccc(Cl)cc1. The van der Waals surface area contributed by atoms with Crippen molar-refractivity contribution in [2.75, 3.05) is 7.11 Å². The maximum absolute atomic E-state index is 11.4. The highest BCUT2D eigenvalue weighted by Gasteiger charge is 2.13. The minimum absolute atomic E-state index is 0.0132. The highest BCUT2D eigenvalue weighted by Crippen LogP contribution is 2.32. The summed E-state index contributed by atoms with van der Waals surface area (Å²) in [6, 6.07) is 7.55. The summed E-state index contributed by atoms with van der Waals surface area (Å²) in [5, 5.41) is 2.53. The van der Waals surface area contributed by atoms with Crippen molar-refractivity contribution in [3.05, 3.63) is 50.7 Å². The highest BCUT2D eigenvalue weighted by atomic mass is 35.5. The van der Waals surface area contributed by atoms with Crippen LogP contribution in [-0.4, -0.2) is 12.9 Å². The Bertz CT molecular complexity index is 612. The lowest BCUT2D eigenvalue weighted by molar-refractivity contribution is 0.101. The van der Waals surface area contributed by atoms with Crippen LogP contribution < -0.4 is 4.74 Å². The number of thiophene rings is 1. The van der Waals surface area contributed by atoms with E-state index in [9.17, 15) is 4.79 Å². The standard InChI is InChI=1S/C15H13ClO2S/c1-10(17)13-9-19-14(15(13)18-2)8-5-11-3-6-12(16)7-4-11/h3-9H,1-2H3/b8-5+.